The molecule has 0 aromatic rings. The molecular weight excluding hydrogens is 304 g/mol. The van der Waals surface area contributed by atoms with Crippen LogP contribution < -0.4 is 0 Å². The van der Waals surface area contributed by atoms with Gasteiger partial charge in [0.1, 0.15) is 6.10 Å². The smallest absolute Gasteiger partial charge is 0.334 e. The normalized spacial score (nSPS) is 49.6. The molecule has 4 aliphatic rings. The molecule has 4 heteroatoms. The molecular formula is C20H28O4. The minimum Gasteiger partial charge on any atom is -0.454 e. The Hall–Kier alpha value is -1.13. The standard InChI is InChI=1S/C20H28O4/c1-10-16-13(21)9-12-11(17(16)24-18(10)23)5-6-14-19(2,3)8-7-15(22)20(12,14)4/h5,12-17,21-22H,1,6-9H2,2-4H3/t12-,13+,14-,15+,16-,17+,20+/m1/s1. The van der Waals surface area contributed by atoms with Crippen LogP contribution in [0.4, 0.5) is 0 Å². The van der Waals surface area contributed by atoms with Crippen LogP contribution in [0, 0.1) is 28.6 Å². The lowest BCUT2D eigenvalue weighted by atomic mass is 9.45. The Kier molecular flexibility index (Phi) is 3.37. The van der Waals surface area contributed by atoms with Gasteiger partial charge in [-0.15, -0.1) is 0 Å². The number of aliphatic hydroxyl groups excluding tert-OH is 2. The fourth-order valence-electron chi connectivity index (χ4n) is 6.26. The molecule has 4 rings (SSSR count). The summed E-state index contributed by atoms with van der Waals surface area (Å²) in [5, 5.41) is 21.7. The Bertz CT molecular complexity index is 634. The zero-order chi connectivity index (χ0) is 17.4. The third kappa shape index (κ3) is 1.90. The van der Waals surface area contributed by atoms with Gasteiger partial charge in [-0.3, -0.25) is 0 Å². The summed E-state index contributed by atoms with van der Waals surface area (Å²) in [6.07, 6.45) is 4.10. The zero-order valence-corrected chi connectivity index (χ0v) is 14.8. The van der Waals surface area contributed by atoms with E-state index in [1.54, 1.807) is 0 Å². The second kappa shape index (κ2) is 4.95. The van der Waals surface area contributed by atoms with Crippen molar-refractivity contribution in [3.8, 4) is 0 Å². The topological polar surface area (TPSA) is 66.8 Å². The summed E-state index contributed by atoms with van der Waals surface area (Å²) in [5.41, 5.74) is 1.37. The summed E-state index contributed by atoms with van der Waals surface area (Å²) in [6.45, 7) is 10.6. The van der Waals surface area contributed by atoms with E-state index in [-0.39, 0.29) is 34.7 Å². The number of carbonyl (C=O) groups is 1. The number of rotatable bonds is 0. The monoisotopic (exact) mass is 332 g/mol. The summed E-state index contributed by atoms with van der Waals surface area (Å²) in [4.78, 5) is 12.0. The maximum atomic E-state index is 12.0. The van der Waals surface area contributed by atoms with Gasteiger partial charge < -0.3 is 14.9 Å². The van der Waals surface area contributed by atoms with Crippen LogP contribution in [-0.4, -0.2) is 34.5 Å². The molecule has 3 aliphatic carbocycles. The van der Waals surface area contributed by atoms with E-state index in [1.165, 1.54) is 0 Å². The van der Waals surface area contributed by atoms with Crippen molar-refractivity contribution < 1.29 is 19.7 Å². The molecule has 0 spiro atoms. The summed E-state index contributed by atoms with van der Waals surface area (Å²) >= 11 is 0. The van der Waals surface area contributed by atoms with Gasteiger partial charge in [-0.25, -0.2) is 4.79 Å². The van der Waals surface area contributed by atoms with Crippen molar-refractivity contribution in [2.45, 2.75) is 64.8 Å². The first kappa shape index (κ1) is 16.3. The first-order chi connectivity index (χ1) is 11.2. The van der Waals surface area contributed by atoms with Crippen molar-refractivity contribution in [1.29, 1.82) is 0 Å². The number of fused-ring (bicyclic) bond motifs is 5. The van der Waals surface area contributed by atoms with Gasteiger partial charge in [0.05, 0.1) is 18.1 Å². The Morgan fingerprint density at radius 3 is 2.71 bits per heavy atom. The molecule has 0 aromatic heterocycles. The van der Waals surface area contributed by atoms with Gasteiger partial charge >= 0.3 is 5.97 Å². The highest BCUT2D eigenvalue weighted by atomic mass is 16.6. The molecule has 24 heavy (non-hydrogen) atoms. The highest BCUT2D eigenvalue weighted by Crippen LogP contribution is 2.63. The second-order valence-electron chi connectivity index (χ2n) is 9.13. The van der Waals surface area contributed by atoms with Crippen LogP contribution in [0.25, 0.3) is 0 Å². The molecule has 1 aliphatic heterocycles. The molecule has 0 radical (unpaired) electrons. The third-order valence-electron chi connectivity index (χ3n) is 7.66. The molecule has 2 N–H and O–H groups in total. The maximum absolute atomic E-state index is 12.0. The first-order valence-electron chi connectivity index (χ1n) is 9.13. The number of ether oxygens (including phenoxy) is 1. The lowest BCUT2D eigenvalue weighted by Gasteiger charge is -2.61. The van der Waals surface area contributed by atoms with Crippen LogP contribution in [-0.2, 0) is 9.53 Å². The van der Waals surface area contributed by atoms with Crippen LogP contribution in [0.3, 0.4) is 0 Å². The number of carbonyl (C=O) groups excluding carboxylic acids is 1. The maximum Gasteiger partial charge on any atom is 0.334 e. The lowest BCUT2D eigenvalue weighted by Crippen LogP contribution is -2.59. The highest BCUT2D eigenvalue weighted by molar-refractivity contribution is 5.91. The molecule has 0 unspecified atom stereocenters. The molecule has 2 saturated carbocycles. The highest BCUT2D eigenvalue weighted by Gasteiger charge is 2.62. The van der Waals surface area contributed by atoms with Gasteiger partial charge in [-0.05, 0) is 48.5 Å². The van der Waals surface area contributed by atoms with Crippen LogP contribution in [0.5, 0.6) is 0 Å². The summed E-state index contributed by atoms with van der Waals surface area (Å²) in [7, 11) is 0. The van der Waals surface area contributed by atoms with E-state index in [4.69, 9.17) is 4.74 Å². The fraction of sp³-hybridized carbons (Fsp3) is 0.750. The minimum absolute atomic E-state index is 0.0563. The van der Waals surface area contributed by atoms with Gasteiger partial charge in [0.2, 0.25) is 0 Å². The quantitative estimate of drug-likeness (QED) is 0.406. The minimum atomic E-state index is -0.635. The lowest BCUT2D eigenvalue weighted by molar-refractivity contribution is -0.153. The van der Waals surface area contributed by atoms with E-state index in [0.717, 1.165) is 24.8 Å². The van der Waals surface area contributed by atoms with E-state index < -0.39 is 12.2 Å². The zero-order valence-electron chi connectivity index (χ0n) is 14.8. The van der Waals surface area contributed by atoms with Crippen molar-refractivity contribution in [2.75, 3.05) is 0 Å². The molecule has 0 bridgehead atoms. The van der Waals surface area contributed by atoms with Gasteiger partial charge in [0.25, 0.3) is 0 Å². The molecule has 0 aromatic carbocycles. The van der Waals surface area contributed by atoms with E-state index in [2.05, 4.69) is 33.4 Å². The van der Waals surface area contributed by atoms with Crippen molar-refractivity contribution in [3.05, 3.63) is 23.8 Å². The molecule has 132 valence electrons. The van der Waals surface area contributed by atoms with Crippen LogP contribution in [0.2, 0.25) is 0 Å². The van der Waals surface area contributed by atoms with Crippen molar-refractivity contribution in [1.82, 2.24) is 0 Å². The Balaban J connectivity index is 1.79. The number of hydrogen-bond donors (Lipinski definition) is 2. The van der Waals surface area contributed by atoms with Gasteiger partial charge in [0.15, 0.2) is 0 Å². The number of allylic oxidation sites excluding steroid dienone is 1. The summed E-state index contributed by atoms with van der Waals surface area (Å²) in [5.74, 6) is -0.288. The van der Waals surface area contributed by atoms with E-state index in [9.17, 15) is 15.0 Å². The Labute approximate surface area is 143 Å². The first-order valence-corrected chi connectivity index (χ1v) is 9.13. The molecule has 1 heterocycles. The summed E-state index contributed by atoms with van der Waals surface area (Å²) in [6, 6.07) is 0. The number of hydrogen-bond acceptors (Lipinski definition) is 4. The summed E-state index contributed by atoms with van der Waals surface area (Å²) < 4.78 is 5.58. The third-order valence-corrected chi connectivity index (χ3v) is 7.66. The average Bonchev–Trinajstić information content (AvgIpc) is 2.81. The van der Waals surface area contributed by atoms with Gasteiger partial charge in [-0.1, -0.05) is 33.4 Å². The van der Waals surface area contributed by atoms with E-state index >= 15 is 0 Å². The molecule has 3 fully saturated rings. The van der Waals surface area contributed by atoms with Crippen molar-refractivity contribution >= 4 is 5.97 Å². The number of esters is 1. The Morgan fingerprint density at radius 2 is 2.00 bits per heavy atom. The molecule has 0 amide bonds. The van der Waals surface area contributed by atoms with Crippen molar-refractivity contribution in [3.63, 3.8) is 0 Å². The van der Waals surface area contributed by atoms with E-state index in [0.29, 0.717) is 17.9 Å². The molecule has 4 nitrogen and oxygen atoms in total. The predicted molar refractivity (Wildman–Crippen MR) is 89.9 cm³/mol. The SMILES string of the molecule is C=C1C(=O)O[C@H]2C3=CC[C@@H]4C(C)(C)CC[C@H](O)[C@@]4(C)[C@@H]3C[C@H](O)[C@@H]12. The van der Waals surface area contributed by atoms with Crippen LogP contribution >= 0.6 is 0 Å². The van der Waals surface area contributed by atoms with Crippen molar-refractivity contribution in [2.24, 2.45) is 28.6 Å². The molecule has 7 atom stereocenters. The van der Waals surface area contributed by atoms with Crippen LogP contribution in [0.15, 0.2) is 23.8 Å². The van der Waals surface area contributed by atoms with Crippen LogP contribution in [0.1, 0.15) is 46.5 Å². The van der Waals surface area contributed by atoms with Gasteiger partial charge in [-0.2, -0.15) is 0 Å². The largest absolute Gasteiger partial charge is 0.454 e. The Morgan fingerprint density at radius 1 is 1.29 bits per heavy atom. The fourth-order valence-corrected chi connectivity index (χ4v) is 6.26. The van der Waals surface area contributed by atoms with E-state index in [1.807, 2.05) is 0 Å². The average molecular weight is 332 g/mol. The predicted octanol–water partition coefficient (Wildman–Crippen LogP) is 2.60. The second-order valence-corrected chi connectivity index (χ2v) is 9.13. The molecule has 1 saturated heterocycles. The van der Waals surface area contributed by atoms with Gasteiger partial charge in [0, 0.05) is 11.0 Å². The number of aliphatic hydroxyl groups is 2.